The van der Waals surface area contributed by atoms with Gasteiger partial charge in [-0.3, -0.25) is 9.59 Å². The highest BCUT2D eigenvalue weighted by atomic mass is 35.5. The molecular weight excluding hydrogens is 315 g/mol. The Hall–Kier alpha value is -1.46. The molecule has 0 spiro atoms. The van der Waals surface area contributed by atoms with Gasteiger partial charge in [-0.05, 0) is 32.0 Å². The zero-order chi connectivity index (χ0) is 16.0. The van der Waals surface area contributed by atoms with E-state index in [1.165, 1.54) is 18.0 Å². The summed E-state index contributed by atoms with van der Waals surface area (Å²) >= 11 is 11.7. The summed E-state index contributed by atoms with van der Waals surface area (Å²) in [5.74, 6) is -0.167. The van der Waals surface area contributed by atoms with E-state index in [1.54, 1.807) is 12.1 Å². The quantitative estimate of drug-likeness (QED) is 0.869. The van der Waals surface area contributed by atoms with Crippen molar-refractivity contribution < 1.29 is 14.3 Å². The first kappa shape index (κ1) is 17.6. The molecule has 0 heterocycles. The second kappa shape index (κ2) is 8.10. The standard InChI is InChI=1S/C14H18Cl2N2O3/c1-9(2)17-13(19)7-18(3)14(20)8-21-12-5-4-10(15)6-11(12)16/h4-6,9H,7-8H2,1-3H3,(H,17,19). The Morgan fingerprint density at radius 2 is 2.00 bits per heavy atom. The Morgan fingerprint density at radius 3 is 2.57 bits per heavy atom. The van der Waals surface area contributed by atoms with Gasteiger partial charge in [-0.25, -0.2) is 0 Å². The van der Waals surface area contributed by atoms with Gasteiger partial charge >= 0.3 is 0 Å². The van der Waals surface area contributed by atoms with E-state index in [0.717, 1.165) is 0 Å². The van der Waals surface area contributed by atoms with Crippen LogP contribution in [0.3, 0.4) is 0 Å². The number of rotatable bonds is 6. The lowest BCUT2D eigenvalue weighted by Crippen LogP contribution is -2.42. The summed E-state index contributed by atoms with van der Waals surface area (Å²) in [6.45, 7) is 3.48. The first-order chi connectivity index (χ1) is 9.79. The fourth-order valence-electron chi connectivity index (χ4n) is 1.51. The molecule has 0 aliphatic heterocycles. The fraction of sp³-hybridized carbons (Fsp3) is 0.429. The molecule has 0 atom stereocenters. The van der Waals surface area contributed by atoms with Crippen LogP contribution in [0.25, 0.3) is 0 Å². The summed E-state index contributed by atoms with van der Waals surface area (Å²) in [7, 11) is 1.54. The normalized spacial score (nSPS) is 10.4. The van der Waals surface area contributed by atoms with Crippen molar-refractivity contribution in [1.82, 2.24) is 10.2 Å². The minimum Gasteiger partial charge on any atom is -0.482 e. The van der Waals surface area contributed by atoms with E-state index in [2.05, 4.69) is 5.32 Å². The maximum Gasteiger partial charge on any atom is 0.260 e. The molecular formula is C14H18Cl2N2O3. The van der Waals surface area contributed by atoms with Crippen LogP contribution in [0.1, 0.15) is 13.8 Å². The lowest BCUT2D eigenvalue weighted by molar-refractivity contribution is -0.136. The van der Waals surface area contributed by atoms with Crippen LogP contribution >= 0.6 is 23.2 Å². The largest absolute Gasteiger partial charge is 0.482 e. The van der Waals surface area contributed by atoms with Gasteiger partial charge < -0.3 is 15.0 Å². The van der Waals surface area contributed by atoms with Crippen LogP contribution in [0.15, 0.2) is 18.2 Å². The highest BCUT2D eigenvalue weighted by molar-refractivity contribution is 6.35. The van der Waals surface area contributed by atoms with Gasteiger partial charge in [0, 0.05) is 18.1 Å². The molecule has 5 nitrogen and oxygen atoms in total. The highest BCUT2D eigenvalue weighted by Gasteiger charge is 2.14. The predicted molar refractivity (Wildman–Crippen MR) is 82.9 cm³/mol. The Kier molecular flexibility index (Phi) is 6.78. The molecule has 1 rings (SSSR count). The SMILES string of the molecule is CC(C)NC(=O)CN(C)C(=O)COc1ccc(Cl)cc1Cl. The number of amides is 2. The molecule has 0 aromatic heterocycles. The van der Waals surface area contributed by atoms with Crippen LogP contribution in [0.5, 0.6) is 5.75 Å². The van der Waals surface area contributed by atoms with Gasteiger partial charge in [-0.1, -0.05) is 23.2 Å². The fourth-order valence-corrected chi connectivity index (χ4v) is 1.98. The summed E-state index contributed by atoms with van der Waals surface area (Å²) < 4.78 is 5.32. The lowest BCUT2D eigenvalue weighted by Gasteiger charge is -2.18. The van der Waals surface area contributed by atoms with E-state index in [9.17, 15) is 9.59 Å². The van der Waals surface area contributed by atoms with Crippen LogP contribution in [0.4, 0.5) is 0 Å². The third-order valence-corrected chi connectivity index (χ3v) is 3.03. The summed E-state index contributed by atoms with van der Waals surface area (Å²) in [6, 6.07) is 4.77. The number of nitrogens with zero attached hydrogens (tertiary/aromatic N) is 1. The second-order valence-electron chi connectivity index (χ2n) is 4.84. The minimum atomic E-state index is -0.320. The average molecular weight is 333 g/mol. The van der Waals surface area contributed by atoms with E-state index < -0.39 is 0 Å². The minimum absolute atomic E-state index is 0.0191. The van der Waals surface area contributed by atoms with Gasteiger partial charge in [0.1, 0.15) is 5.75 Å². The average Bonchev–Trinajstić information content (AvgIpc) is 2.36. The molecule has 1 aromatic rings. The van der Waals surface area contributed by atoms with Gasteiger partial charge in [0.05, 0.1) is 11.6 Å². The monoisotopic (exact) mass is 332 g/mol. The van der Waals surface area contributed by atoms with Crippen molar-refractivity contribution in [3.05, 3.63) is 28.2 Å². The van der Waals surface area contributed by atoms with E-state index >= 15 is 0 Å². The van der Waals surface area contributed by atoms with Crippen LogP contribution < -0.4 is 10.1 Å². The molecule has 0 radical (unpaired) electrons. The van der Waals surface area contributed by atoms with Gasteiger partial charge in [0.25, 0.3) is 5.91 Å². The molecule has 0 saturated heterocycles. The Bertz CT molecular complexity index is 521. The number of likely N-dealkylation sites (N-methyl/N-ethyl adjacent to an activating group) is 1. The first-order valence-corrected chi connectivity index (χ1v) is 7.16. The number of carbonyl (C=O) groups excluding carboxylic acids is 2. The molecule has 0 aliphatic rings. The van der Waals surface area contributed by atoms with Gasteiger partial charge in [0.15, 0.2) is 6.61 Å². The number of carbonyl (C=O) groups is 2. The number of hydrogen-bond acceptors (Lipinski definition) is 3. The third kappa shape index (κ3) is 6.23. The van der Waals surface area contributed by atoms with Gasteiger partial charge in [-0.2, -0.15) is 0 Å². The van der Waals surface area contributed by atoms with Crippen molar-refractivity contribution in [2.24, 2.45) is 0 Å². The Balaban J connectivity index is 2.47. The number of nitrogens with one attached hydrogen (secondary N) is 1. The molecule has 2 amide bonds. The van der Waals surface area contributed by atoms with Crippen molar-refractivity contribution in [2.45, 2.75) is 19.9 Å². The molecule has 0 unspecified atom stereocenters. The van der Waals surface area contributed by atoms with E-state index in [4.69, 9.17) is 27.9 Å². The zero-order valence-electron chi connectivity index (χ0n) is 12.2. The molecule has 0 fully saturated rings. The van der Waals surface area contributed by atoms with E-state index in [-0.39, 0.29) is 31.0 Å². The van der Waals surface area contributed by atoms with Crippen LogP contribution in [-0.4, -0.2) is 43.0 Å². The van der Waals surface area contributed by atoms with E-state index in [0.29, 0.717) is 15.8 Å². The zero-order valence-corrected chi connectivity index (χ0v) is 13.7. The van der Waals surface area contributed by atoms with Crippen molar-refractivity contribution in [1.29, 1.82) is 0 Å². The molecule has 0 saturated carbocycles. The van der Waals surface area contributed by atoms with Crippen LogP contribution in [0, 0.1) is 0 Å². The van der Waals surface area contributed by atoms with Crippen molar-refractivity contribution >= 4 is 35.0 Å². The number of ether oxygens (including phenoxy) is 1. The molecule has 0 bridgehead atoms. The lowest BCUT2D eigenvalue weighted by atomic mass is 10.3. The smallest absolute Gasteiger partial charge is 0.260 e. The van der Waals surface area contributed by atoms with Gasteiger partial charge in [0.2, 0.25) is 5.91 Å². The summed E-state index contributed by atoms with van der Waals surface area (Å²) in [4.78, 5) is 24.7. The van der Waals surface area contributed by atoms with Gasteiger partial charge in [-0.15, -0.1) is 0 Å². The first-order valence-electron chi connectivity index (χ1n) is 6.40. The van der Waals surface area contributed by atoms with Crippen LogP contribution in [0.2, 0.25) is 10.0 Å². The molecule has 21 heavy (non-hydrogen) atoms. The second-order valence-corrected chi connectivity index (χ2v) is 5.68. The van der Waals surface area contributed by atoms with Crippen molar-refractivity contribution in [2.75, 3.05) is 20.2 Å². The number of hydrogen-bond donors (Lipinski definition) is 1. The Labute approximate surface area is 134 Å². The summed E-state index contributed by atoms with van der Waals surface area (Å²) in [5.41, 5.74) is 0. The summed E-state index contributed by atoms with van der Waals surface area (Å²) in [6.07, 6.45) is 0. The molecule has 7 heteroatoms. The maximum absolute atomic E-state index is 11.9. The molecule has 1 aromatic carbocycles. The van der Waals surface area contributed by atoms with Crippen molar-refractivity contribution in [3.63, 3.8) is 0 Å². The summed E-state index contributed by atoms with van der Waals surface area (Å²) in [5, 5.41) is 3.52. The maximum atomic E-state index is 11.9. The Morgan fingerprint density at radius 1 is 1.33 bits per heavy atom. The topological polar surface area (TPSA) is 58.6 Å². The number of halogens is 2. The van der Waals surface area contributed by atoms with Crippen molar-refractivity contribution in [3.8, 4) is 5.75 Å². The predicted octanol–water partition coefficient (Wildman–Crippen LogP) is 2.36. The van der Waals surface area contributed by atoms with E-state index in [1.807, 2.05) is 13.8 Å². The third-order valence-electron chi connectivity index (χ3n) is 2.50. The number of benzene rings is 1. The molecule has 1 N–H and O–H groups in total. The molecule has 0 aliphatic carbocycles. The van der Waals surface area contributed by atoms with Crippen LogP contribution in [-0.2, 0) is 9.59 Å². The molecule has 116 valence electrons. The highest BCUT2D eigenvalue weighted by Crippen LogP contribution is 2.27.